The Labute approximate surface area is 316 Å². The molecule has 0 radical (unpaired) electrons. The molecule has 9 aromatic carbocycles. The maximum absolute atomic E-state index is 2.50. The molecule has 0 unspecified atom stereocenters. The summed E-state index contributed by atoms with van der Waals surface area (Å²) in [5.74, 6) is 0. The Hall–Kier alpha value is -6.74. The summed E-state index contributed by atoms with van der Waals surface area (Å²) >= 11 is 1.87. The summed E-state index contributed by atoms with van der Waals surface area (Å²) in [5.41, 5.74) is 16.2. The summed E-state index contributed by atoms with van der Waals surface area (Å²) < 4.78 is 5.16. The van der Waals surface area contributed by atoms with E-state index in [0.29, 0.717) is 0 Å². The Bertz CT molecular complexity index is 3320. The first kappa shape index (κ1) is 29.8. The van der Waals surface area contributed by atoms with Crippen LogP contribution in [0.15, 0.2) is 188 Å². The number of benzene rings is 9. The highest BCUT2D eigenvalue weighted by Gasteiger charge is 2.25. The zero-order valence-corrected chi connectivity index (χ0v) is 30.1. The fourth-order valence-corrected chi connectivity index (χ4v) is 10.2. The number of aromatic nitrogens is 1. The Morgan fingerprint density at radius 2 is 0.889 bits per heavy atom. The van der Waals surface area contributed by atoms with Gasteiger partial charge in [0.05, 0.1) is 11.0 Å². The predicted molar refractivity (Wildman–Crippen MR) is 232 cm³/mol. The molecule has 2 aromatic heterocycles. The van der Waals surface area contributed by atoms with E-state index in [1.807, 2.05) is 11.3 Å². The van der Waals surface area contributed by atoms with Crippen LogP contribution in [0, 0.1) is 0 Å². The second-order valence-electron chi connectivity index (χ2n) is 14.5. The molecule has 2 heteroatoms. The molecule has 0 fully saturated rings. The minimum Gasteiger partial charge on any atom is -0.309 e. The lowest BCUT2D eigenvalue weighted by Crippen LogP contribution is -1.95. The van der Waals surface area contributed by atoms with Crippen LogP contribution in [0.1, 0.15) is 0 Å². The highest BCUT2D eigenvalue weighted by atomic mass is 32.1. The van der Waals surface area contributed by atoms with Crippen molar-refractivity contribution in [2.75, 3.05) is 0 Å². The van der Waals surface area contributed by atoms with Gasteiger partial charge in [-0.1, -0.05) is 133 Å². The van der Waals surface area contributed by atoms with Crippen molar-refractivity contribution < 1.29 is 0 Å². The monoisotopic (exact) mass is 701 g/mol. The van der Waals surface area contributed by atoms with Gasteiger partial charge in [0, 0.05) is 36.6 Å². The predicted octanol–water partition coefficient (Wildman–Crippen LogP) is 15.0. The summed E-state index contributed by atoms with van der Waals surface area (Å²) in [5, 5.41) is 7.89. The maximum atomic E-state index is 2.50. The first-order chi connectivity index (χ1) is 26.8. The van der Waals surface area contributed by atoms with Crippen LogP contribution in [-0.2, 0) is 0 Å². The normalized spacial score (nSPS) is 12.1. The van der Waals surface area contributed by atoms with Crippen molar-refractivity contribution in [2.45, 2.75) is 0 Å². The Balaban J connectivity index is 1.12. The topological polar surface area (TPSA) is 4.93 Å². The van der Waals surface area contributed by atoms with Crippen molar-refractivity contribution in [1.29, 1.82) is 0 Å². The van der Waals surface area contributed by atoms with E-state index >= 15 is 0 Å². The second kappa shape index (κ2) is 11.4. The molecule has 0 aliphatic heterocycles. The zero-order chi connectivity index (χ0) is 35.3. The average molecular weight is 702 g/mol. The average Bonchev–Trinajstić information content (AvgIpc) is 3.89. The van der Waals surface area contributed by atoms with Gasteiger partial charge in [-0.25, -0.2) is 0 Å². The van der Waals surface area contributed by atoms with E-state index in [1.54, 1.807) is 0 Å². The number of fused-ring (bicyclic) bond motifs is 10. The third kappa shape index (κ3) is 4.32. The van der Waals surface area contributed by atoms with Crippen LogP contribution in [0.3, 0.4) is 0 Å². The van der Waals surface area contributed by atoms with Crippen molar-refractivity contribution in [3.05, 3.63) is 188 Å². The van der Waals surface area contributed by atoms with Crippen LogP contribution in [0.25, 0.3) is 114 Å². The van der Waals surface area contributed by atoms with Crippen molar-refractivity contribution in [1.82, 2.24) is 4.57 Å². The molecule has 0 amide bonds. The largest absolute Gasteiger partial charge is 0.309 e. The fraction of sp³-hybridized carbons (Fsp3) is 0. The first-order valence-electron chi connectivity index (χ1n) is 18.6. The third-order valence-electron chi connectivity index (χ3n) is 11.5. The van der Waals surface area contributed by atoms with Crippen molar-refractivity contribution in [3.63, 3.8) is 0 Å². The number of rotatable bonds is 4. The molecule has 11 aromatic rings. The summed E-state index contributed by atoms with van der Waals surface area (Å²) in [4.78, 5) is 0. The molecule has 1 nitrogen and oxygen atoms in total. The van der Waals surface area contributed by atoms with Gasteiger partial charge in [0.2, 0.25) is 0 Å². The SMILES string of the molecule is c1ccc(-c2cccc(-c3cccc(-n4c5ccc(-c6ccc7sc8ccccc8c7c6)cc5c5c6cccc7c6c(cc54)-c4ccccc4-7)c3)c2)cc1. The molecule has 12 rings (SSSR count). The summed E-state index contributed by atoms with van der Waals surface area (Å²) in [6.45, 7) is 0. The fourth-order valence-electron chi connectivity index (χ4n) is 9.08. The standard InChI is InChI=1S/C52H31NS/c1-2-11-32(12-3-1)33-13-8-14-34(27-33)35-15-9-16-38(28-35)53-47-25-23-36(37-24-26-50-44(29-37)41-19-6-7-22-49(41)54-50)30-46(47)52-43-21-10-20-42-39-17-4-5-18-40(39)45(51(42)43)31-48(52)53/h1-31H. The Morgan fingerprint density at radius 3 is 1.76 bits per heavy atom. The minimum absolute atomic E-state index is 1.16. The van der Waals surface area contributed by atoms with Crippen molar-refractivity contribution in [3.8, 4) is 61.3 Å². The van der Waals surface area contributed by atoms with Gasteiger partial charge in [-0.05, 0) is 121 Å². The smallest absolute Gasteiger partial charge is 0.0553 e. The van der Waals surface area contributed by atoms with Crippen LogP contribution >= 0.6 is 11.3 Å². The maximum Gasteiger partial charge on any atom is 0.0553 e. The lowest BCUT2D eigenvalue weighted by molar-refractivity contribution is 1.18. The summed E-state index contributed by atoms with van der Waals surface area (Å²) in [6.07, 6.45) is 0. The molecule has 0 bridgehead atoms. The molecule has 0 spiro atoms. The second-order valence-corrected chi connectivity index (χ2v) is 15.5. The quantitative estimate of drug-likeness (QED) is 0.172. The molecule has 1 aliphatic carbocycles. The van der Waals surface area contributed by atoms with Gasteiger partial charge in [-0.3, -0.25) is 0 Å². The third-order valence-corrected chi connectivity index (χ3v) is 12.7. The zero-order valence-electron chi connectivity index (χ0n) is 29.3. The molecule has 1 aliphatic rings. The van der Waals surface area contributed by atoms with Gasteiger partial charge >= 0.3 is 0 Å². The van der Waals surface area contributed by atoms with Gasteiger partial charge in [0.15, 0.2) is 0 Å². The van der Waals surface area contributed by atoms with E-state index in [4.69, 9.17) is 0 Å². The molecular formula is C52H31NS. The lowest BCUT2D eigenvalue weighted by atomic mass is 9.96. The molecule has 0 N–H and O–H groups in total. The van der Waals surface area contributed by atoms with Gasteiger partial charge in [-0.15, -0.1) is 11.3 Å². The van der Waals surface area contributed by atoms with Crippen LogP contribution in [0.4, 0.5) is 0 Å². The van der Waals surface area contributed by atoms with Crippen LogP contribution in [0.2, 0.25) is 0 Å². The number of hydrogen-bond donors (Lipinski definition) is 0. The Morgan fingerprint density at radius 1 is 0.296 bits per heavy atom. The van der Waals surface area contributed by atoms with E-state index < -0.39 is 0 Å². The van der Waals surface area contributed by atoms with E-state index in [1.165, 1.54) is 108 Å². The van der Waals surface area contributed by atoms with Crippen molar-refractivity contribution >= 4 is 64.1 Å². The molecule has 0 saturated carbocycles. The molecule has 54 heavy (non-hydrogen) atoms. The van der Waals surface area contributed by atoms with Gasteiger partial charge in [-0.2, -0.15) is 0 Å². The Kier molecular flexibility index (Phi) is 6.28. The first-order valence-corrected chi connectivity index (χ1v) is 19.4. The lowest BCUT2D eigenvalue weighted by Gasteiger charge is -2.12. The van der Waals surface area contributed by atoms with Gasteiger partial charge in [0.1, 0.15) is 0 Å². The van der Waals surface area contributed by atoms with Crippen molar-refractivity contribution in [2.24, 2.45) is 0 Å². The van der Waals surface area contributed by atoms with E-state index in [9.17, 15) is 0 Å². The highest BCUT2D eigenvalue weighted by Crippen LogP contribution is 2.51. The van der Waals surface area contributed by atoms with E-state index in [0.717, 1.165) is 5.69 Å². The summed E-state index contributed by atoms with van der Waals surface area (Å²) in [6, 6.07) is 69.7. The number of nitrogens with zero attached hydrogens (tertiary/aromatic N) is 1. The molecule has 0 saturated heterocycles. The van der Waals surface area contributed by atoms with Gasteiger partial charge in [0.25, 0.3) is 0 Å². The molecular weight excluding hydrogens is 671 g/mol. The minimum atomic E-state index is 1.16. The van der Waals surface area contributed by atoms with Crippen LogP contribution < -0.4 is 0 Å². The highest BCUT2D eigenvalue weighted by molar-refractivity contribution is 7.25. The molecule has 2 heterocycles. The van der Waals surface area contributed by atoms with E-state index in [-0.39, 0.29) is 0 Å². The number of hydrogen-bond acceptors (Lipinski definition) is 1. The van der Waals surface area contributed by atoms with E-state index in [2.05, 4.69) is 193 Å². The van der Waals surface area contributed by atoms with Crippen LogP contribution in [0.5, 0.6) is 0 Å². The van der Waals surface area contributed by atoms with Crippen LogP contribution in [-0.4, -0.2) is 4.57 Å². The molecule has 250 valence electrons. The molecule has 0 atom stereocenters. The summed E-state index contributed by atoms with van der Waals surface area (Å²) in [7, 11) is 0. The number of thiophene rings is 1. The van der Waals surface area contributed by atoms with Gasteiger partial charge < -0.3 is 4.57 Å².